The fourth-order valence-corrected chi connectivity index (χ4v) is 3.31. The first-order valence-corrected chi connectivity index (χ1v) is 9.60. The summed E-state index contributed by atoms with van der Waals surface area (Å²) >= 11 is 1.43. The highest BCUT2D eigenvalue weighted by atomic mass is 32.1. The van der Waals surface area contributed by atoms with Crippen molar-refractivity contribution in [3.8, 4) is 11.3 Å². The normalized spacial score (nSPS) is 10.5. The molecule has 0 bridgehead atoms. The third-order valence-corrected chi connectivity index (χ3v) is 4.86. The molecule has 0 unspecified atom stereocenters. The lowest BCUT2D eigenvalue weighted by molar-refractivity contribution is -0.384. The number of pyridine rings is 1. The molecule has 0 saturated heterocycles. The van der Waals surface area contributed by atoms with Crippen LogP contribution in [0.15, 0.2) is 48.1 Å². The van der Waals surface area contributed by atoms with Crippen LogP contribution in [0.2, 0.25) is 0 Å². The van der Waals surface area contributed by atoms with E-state index in [1.807, 2.05) is 17.5 Å². The summed E-state index contributed by atoms with van der Waals surface area (Å²) in [5, 5.41) is 19.7. The van der Waals surface area contributed by atoms with Crippen molar-refractivity contribution in [2.75, 3.05) is 25.6 Å². The number of hydrogen-bond acceptors (Lipinski definition) is 8. The molecule has 0 atom stereocenters. The number of aromatic nitrogens is 2. The van der Waals surface area contributed by atoms with Gasteiger partial charge in [-0.25, -0.2) is 4.98 Å². The zero-order chi connectivity index (χ0) is 20.6. The van der Waals surface area contributed by atoms with E-state index in [2.05, 4.69) is 20.6 Å². The number of benzene rings is 1. The first-order chi connectivity index (χ1) is 14.1. The van der Waals surface area contributed by atoms with Gasteiger partial charge < -0.3 is 15.4 Å². The predicted molar refractivity (Wildman–Crippen MR) is 110 cm³/mol. The molecule has 0 radical (unpaired) electrons. The van der Waals surface area contributed by atoms with E-state index >= 15 is 0 Å². The highest BCUT2D eigenvalue weighted by Crippen LogP contribution is 2.26. The molecule has 1 aromatic carbocycles. The average molecular weight is 413 g/mol. The molecule has 0 spiro atoms. The molecule has 0 saturated carbocycles. The number of nitrogens with one attached hydrogen (secondary N) is 2. The first-order valence-electron chi connectivity index (χ1n) is 8.72. The van der Waals surface area contributed by atoms with Crippen molar-refractivity contribution in [2.45, 2.75) is 6.54 Å². The van der Waals surface area contributed by atoms with Gasteiger partial charge in [0.25, 0.3) is 11.6 Å². The van der Waals surface area contributed by atoms with Gasteiger partial charge in [-0.1, -0.05) is 0 Å². The number of methoxy groups -OCH3 is 1. The molecular weight excluding hydrogens is 394 g/mol. The van der Waals surface area contributed by atoms with Gasteiger partial charge in [-0.3, -0.25) is 19.9 Å². The van der Waals surface area contributed by atoms with Gasteiger partial charge in [0.1, 0.15) is 10.7 Å². The van der Waals surface area contributed by atoms with E-state index in [9.17, 15) is 14.9 Å². The summed E-state index contributed by atoms with van der Waals surface area (Å²) in [7, 11) is 1.55. The monoisotopic (exact) mass is 413 g/mol. The molecule has 2 N–H and O–H groups in total. The molecule has 0 aliphatic heterocycles. The van der Waals surface area contributed by atoms with E-state index in [4.69, 9.17) is 4.74 Å². The Bertz CT molecular complexity index is 993. The van der Waals surface area contributed by atoms with Crippen LogP contribution in [0.3, 0.4) is 0 Å². The summed E-state index contributed by atoms with van der Waals surface area (Å²) in [5.41, 5.74) is 2.14. The molecule has 2 heterocycles. The number of carbonyl (C=O) groups is 1. The summed E-state index contributed by atoms with van der Waals surface area (Å²) < 4.78 is 4.93. The molecule has 9 nitrogen and oxygen atoms in total. The number of amides is 1. The average Bonchev–Trinajstić information content (AvgIpc) is 3.22. The first kappa shape index (κ1) is 20.4. The lowest BCUT2D eigenvalue weighted by Gasteiger charge is -2.08. The molecule has 3 aromatic rings. The second kappa shape index (κ2) is 9.71. The zero-order valence-corrected chi connectivity index (χ0v) is 16.4. The lowest BCUT2D eigenvalue weighted by atomic mass is 10.1. The molecule has 1 amide bonds. The Morgan fingerprint density at radius 2 is 2.07 bits per heavy atom. The van der Waals surface area contributed by atoms with Crippen molar-refractivity contribution in [1.29, 1.82) is 0 Å². The van der Waals surface area contributed by atoms with Crippen LogP contribution in [0.5, 0.6) is 0 Å². The number of thiazole rings is 1. The minimum Gasteiger partial charge on any atom is -0.383 e. The zero-order valence-electron chi connectivity index (χ0n) is 15.6. The number of nitro benzene ring substituents is 1. The highest BCUT2D eigenvalue weighted by Gasteiger charge is 2.17. The smallest absolute Gasteiger partial charge is 0.293 e. The summed E-state index contributed by atoms with van der Waals surface area (Å²) in [4.78, 5) is 31.7. The van der Waals surface area contributed by atoms with Crippen LogP contribution in [0, 0.1) is 10.1 Å². The summed E-state index contributed by atoms with van der Waals surface area (Å²) in [6.45, 7) is 1.07. The molecule has 29 heavy (non-hydrogen) atoms. The number of carbonyl (C=O) groups excluding carboxylic acids is 1. The Morgan fingerprint density at radius 1 is 1.28 bits per heavy atom. The number of nitrogens with zero attached hydrogens (tertiary/aromatic N) is 3. The van der Waals surface area contributed by atoms with Crippen LogP contribution < -0.4 is 10.6 Å². The van der Waals surface area contributed by atoms with Crippen LogP contribution in [0.4, 0.5) is 11.4 Å². The van der Waals surface area contributed by atoms with Gasteiger partial charge in [0.15, 0.2) is 0 Å². The van der Waals surface area contributed by atoms with Crippen LogP contribution in [0.1, 0.15) is 15.4 Å². The topological polar surface area (TPSA) is 119 Å². The van der Waals surface area contributed by atoms with Crippen molar-refractivity contribution in [1.82, 2.24) is 15.3 Å². The SMILES string of the molecule is COCCNc1ccc(C(=O)NCc2nc(-c3ccncc3)cs2)cc1[N+](=O)[O-]. The van der Waals surface area contributed by atoms with Gasteiger partial charge in [0.2, 0.25) is 0 Å². The van der Waals surface area contributed by atoms with Crippen molar-refractivity contribution >= 4 is 28.6 Å². The van der Waals surface area contributed by atoms with Crippen LogP contribution >= 0.6 is 11.3 Å². The standard InChI is InChI=1S/C19H19N5O4S/c1-28-9-8-21-15-3-2-14(10-17(15)24(26)27)19(25)22-11-18-23-16(12-29-18)13-4-6-20-7-5-13/h2-7,10,12,21H,8-9,11H2,1H3,(H,22,25). The Hall–Kier alpha value is -3.37. The van der Waals surface area contributed by atoms with E-state index in [1.54, 1.807) is 25.6 Å². The van der Waals surface area contributed by atoms with Crippen LogP contribution in [-0.2, 0) is 11.3 Å². The van der Waals surface area contributed by atoms with Crippen molar-refractivity contribution in [3.05, 3.63) is 68.8 Å². The van der Waals surface area contributed by atoms with Crippen molar-refractivity contribution < 1.29 is 14.5 Å². The number of nitro groups is 1. The maximum Gasteiger partial charge on any atom is 0.293 e. The maximum atomic E-state index is 12.4. The molecule has 2 aromatic heterocycles. The Labute approximate surface area is 170 Å². The summed E-state index contributed by atoms with van der Waals surface area (Å²) in [6.07, 6.45) is 3.38. The minimum absolute atomic E-state index is 0.164. The molecule has 0 fully saturated rings. The van der Waals surface area contributed by atoms with Crippen molar-refractivity contribution in [3.63, 3.8) is 0 Å². The lowest BCUT2D eigenvalue weighted by Crippen LogP contribution is -2.23. The van der Waals surface area contributed by atoms with E-state index < -0.39 is 10.8 Å². The van der Waals surface area contributed by atoms with Gasteiger partial charge >= 0.3 is 0 Å². The van der Waals surface area contributed by atoms with E-state index in [0.29, 0.717) is 18.8 Å². The van der Waals surface area contributed by atoms with Gasteiger partial charge in [0, 0.05) is 48.6 Å². The molecule has 10 heteroatoms. The number of rotatable bonds is 9. The number of ether oxygens (including phenoxy) is 1. The highest BCUT2D eigenvalue weighted by molar-refractivity contribution is 7.09. The molecule has 3 rings (SSSR count). The molecule has 150 valence electrons. The third kappa shape index (κ3) is 5.33. The van der Waals surface area contributed by atoms with Crippen LogP contribution in [-0.4, -0.2) is 41.1 Å². The third-order valence-electron chi connectivity index (χ3n) is 4.01. The number of anilines is 1. The van der Waals surface area contributed by atoms with Crippen LogP contribution in [0.25, 0.3) is 11.3 Å². The Kier molecular flexibility index (Phi) is 6.82. The minimum atomic E-state index is -0.520. The molecule has 0 aliphatic rings. The quantitative estimate of drug-likeness (QED) is 0.314. The van der Waals surface area contributed by atoms with Gasteiger partial charge in [0.05, 0.1) is 23.8 Å². The van der Waals surface area contributed by atoms with E-state index in [0.717, 1.165) is 16.3 Å². The Morgan fingerprint density at radius 3 is 2.79 bits per heavy atom. The second-order valence-electron chi connectivity index (χ2n) is 5.95. The predicted octanol–water partition coefficient (Wildman–Crippen LogP) is 3.10. The number of hydrogen-bond donors (Lipinski definition) is 2. The molecular formula is C19H19N5O4S. The van der Waals surface area contributed by atoms with Gasteiger partial charge in [-0.2, -0.15) is 0 Å². The Balaban J connectivity index is 1.65. The summed E-state index contributed by atoms with van der Waals surface area (Å²) in [6, 6.07) is 8.04. The van der Waals surface area contributed by atoms with E-state index in [-0.39, 0.29) is 17.8 Å². The van der Waals surface area contributed by atoms with Gasteiger partial charge in [-0.15, -0.1) is 11.3 Å². The van der Waals surface area contributed by atoms with E-state index in [1.165, 1.54) is 23.5 Å². The fraction of sp³-hybridized carbons (Fsp3) is 0.211. The molecule has 0 aliphatic carbocycles. The largest absolute Gasteiger partial charge is 0.383 e. The van der Waals surface area contributed by atoms with Gasteiger partial charge in [-0.05, 0) is 24.3 Å². The van der Waals surface area contributed by atoms with Crippen molar-refractivity contribution in [2.24, 2.45) is 0 Å². The fourth-order valence-electron chi connectivity index (χ4n) is 2.57. The summed E-state index contributed by atoms with van der Waals surface area (Å²) in [5.74, 6) is -0.405. The maximum absolute atomic E-state index is 12.4. The second-order valence-corrected chi connectivity index (χ2v) is 6.90.